The molecule has 0 spiro atoms. The summed E-state index contributed by atoms with van der Waals surface area (Å²) in [6.45, 7) is 6.53. The van der Waals surface area contributed by atoms with Crippen LogP contribution in [-0.4, -0.2) is 36.2 Å². The second-order valence-corrected chi connectivity index (χ2v) is 7.95. The number of rotatable bonds is 3. The molecule has 0 amide bonds. The summed E-state index contributed by atoms with van der Waals surface area (Å²) >= 11 is 12.6. The van der Waals surface area contributed by atoms with Gasteiger partial charge in [-0.2, -0.15) is 0 Å². The number of hydrogen-bond donors (Lipinski definition) is 1. The molecule has 5 heteroatoms. The predicted octanol–water partition coefficient (Wildman–Crippen LogP) is 5.48. The van der Waals surface area contributed by atoms with Gasteiger partial charge in [0, 0.05) is 64.8 Å². The van der Waals surface area contributed by atoms with E-state index in [4.69, 9.17) is 23.2 Å². The Kier molecular flexibility index (Phi) is 5.18. The summed E-state index contributed by atoms with van der Waals surface area (Å²) in [5.74, 6) is 0.336. The fourth-order valence-corrected chi connectivity index (χ4v) is 4.26. The molecule has 1 saturated heterocycles. The number of hydrogen-bond acceptors (Lipinski definition) is 3. The van der Waals surface area contributed by atoms with E-state index in [-0.39, 0.29) is 0 Å². The van der Waals surface area contributed by atoms with Gasteiger partial charge in [0.25, 0.3) is 0 Å². The molecular formula is C22H22Cl2N2O. The van der Waals surface area contributed by atoms with Gasteiger partial charge in [-0.3, -0.25) is 4.90 Å². The maximum absolute atomic E-state index is 10.7. The molecule has 1 aliphatic heterocycles. The maximum atomic E-state index is 10.7. The van der Waals surface area contributed by atoms with Gasteiger partial charge in [-0.15, -0.1) is 0 Å². The zero-order valence-electron chi connectivity index (χ0n) is 15.3. The molecular weight excluding hydrogens is 379 g/mol. The van der Waals surface area contributed by atoms with Crippen LogP contribution in [0.3, 0.4) is 0 Å². The summed E-state index contributed by atoms with van der Waals surface area (Å²) in [5, 5.41) is 13.9. The number of anilines is 1. The summed E-state index contributed by atoms with van der Waals surface area (Å²) in [4.78, 5) is 4.74. The van der Waals surface area contributed by atoms with Crippen LogP contribution in [0, 0.1) is 6.92 Å². The minimum Gasteiger partial charge on any atom is -0.507 e. The Bertz CT molecular complexity index is 981. The van der Waals surface area contributed by atoms with Gasteiger partial charge in [0.05, 0.1) is 0 Å². The van der Waals surface area contributed by atoms with Crippen LogP contribution in [0.25, 0.3) is 10.8 Å². The zero-order chi connectivity index (χ0) is 19.0. The molecule has 4 rings (SSSR count). The fourth-order valence-electron chi connectivity index (χ4n) is 3.80. The first-order chi connectivity index (χ1) is 13.0. The summed E-state index contributed by atoms with van der Waals surface area (Å²) in [7, 11) is 0. The number of benzene rings is 3. The van der Waals surface area contributed by atoms with Crippen molar-refractivity contribution in [1.29, 1.82) is 0 Å². The van der Waals surface area contributed by atoms with E-state index in [2.05, 4.69) is 22.8 Å². The average molecular weight is 401 g/mol. The van der Waals surface area contributed by atoms with Gasteiger partial charge in [0.15, 0.2) is 0 Å². The first-order valence-corrected chi connectivity index (χ1v) is 9.91. The van der Waals surface area contributed by atoms with E-state index in [1.54, 1.807) is 0 Å². The van der Waals surface area contributed by atoms with Crippen LogP contribution < -0.4 is 4.90 Å². The predicted molar refractivity (Wildman–Crippen MR) is 114 cm³/mol. The standard InChI is InChI=1S/C22H22Cl2N2O/c1-15-6-7-17(23)13-21(15)26-10-8-25(9-11-26)14-16-12-20(24)18-4-2-3-5-19(18)22(16)27/h2-7,12-13,27H,8-11,14H2,1H3. The quantitative estimate of drug-likeness (QED) is 0.629. The SMILES string of the molecule is Cc1ccc(Cl)cc1N1CCN(Cc2cc(Cl)c3ccccc3c2O)CC1. The van der Waals surface area contributed by atoms with E-state index in [1.807, 2.05) is 42.5 Å². The lowest BCUT2D eigenvalue weighted by molar-refractivity contribution is 0.247. The first kappa shape index (κ1) is 18.4. The highest BCUT2D eigenvalue weighted by Gasteiger charge is 2.20. The number of aryl methyl sites for hydroxylation is 1. The zero-order valence-corrected chi connectivity index (χ0v) is 16.8. The molecule has 1 fully saturated rings. The number of phenols is 1. The molecule has 140 valence electrons. The Morgan fingerprint density at radius 3 is 2.37 bits per heavy atom. The lowest BCUT2D eigenvalue weighted by atomic mass is 10.0. The number of piperazine rings is 1. The van der Waals surface area contributed by atoms with Crippen molar-refractivity contribution < 1.29 is 5.11 Å². The molecule has 0 bridgehead atoms. The lowest BCUT2D eigenvalue weighted by Crippen LogP contribution is -2.46. The highest BCUT2D eigenvalue weighted by molar-refractivity contribution is 6.35. The second kappa shape index (κ2) is 7.59. The van der Waals surface area contributed by atoms with Gasteiger partial charge in [0.1, 0.15) is 5.75 Å². The van der Waals surface area contributed by atoms with E-state index >= 15 is 0 Å². The van der Waals surface area contributed by atoms with Crippen LogP contribution >= 0.6 is 23.2 Å². The lowest BCUT2D eigenvalue weighted by Gasteiger charge is -2.37. The molecule has 1 heterocycles. The Labute approximate surface area is 169 Å². The number of aromatic hydroxyl groups is 1. The Morgan fingerprint density at radius 1 is 0.926 bits per heavy atom. The molecule has 1 aliphatic rings. The molecule has 0 aliphatic carbocycles. The molecule has 0 radical (unpaired) electrons. The highest BCUT2D eigenvalue weighted by Crippen LogP contribution is 2.35. The maximum Gasteiger partial charge on any atom is 0.127 e. The Morgan fingerprint density at radius 2 is 1.63 bits per heavy atom. The highest BCUT2D eigenvalue weighted by atomic mass is 35.5. The third kappa shape index (κ3) is 3.73. The molecule has 0 saturated carbocycles. The monoisotopic (exact) mass is 400 g/mol. The molecule has 3 aromatic carbocycles. The van der Waals surface area contributed by atoms with Crippen molar-refractivity contribution in [3.63, 3.8) is 0 Å². The average Bonchev–Trinajstić information content (AvgIpc) is 2.68. The van der Waals surface area contributed by atoms with Gasteiger partial charge in [-0.25, -0.2) is 0 Å². The molecule has 0 atom stereocenters. The summed E-state index contributed by atoms with van der Waals surface area (Å²) in [5.41, 5.74) is 3.33. The number of halogens is 2. The van der Waals surface area contributed by atoms with E-state index in [1.165, 1.54) is 11.3 Å². The number of fused-ring (bicyclic) bond motifs is 1. The molecule has 0 aromatic heterocycles. The smallest absolute Gasteiger partial charge is 0.127 e. The van der Waals surface area contributed by atoms with Crippen LogP contribution in [0.15, 0.2) is 48.5 Å². The van der Waals surface area contributed by atoms with Gasteiger partial charge >= 0.3 is 0 Å². The van der Waals surface area contributed by atoms with E-state index in [0.717, 1.165) is 47.5 Å². The van der Waals surface area contributed by atoms with Crippen molar-refractivity contribution in [2.45, 2.75) is 13.5 Å². The van der Waals surface area contributed by atoms with Gasteiger partial charge in [0.2, 0.25) is 0 Å². The molecule has 0 unspecified atom stereocenters. The minimum absolute atomic E-state index is 0.336. The second-order valence-electron chi connectivity index (χ2n) is 7.11. The molecule has 1 N–H and O–H groups in total. The molecule has 3 nitrogen and oxygen atoms in total. The Balaban J connectivity index is 1.49. The summed E-state index contributed by atoms with van der Waals surface area (Å²) < 4.78 is 0. The van der Waals surface area contributed by atoms with Crippen molar-refractivity contribution in [2.75, 3.05) is 31.1 Å². The third-order valence-corrected chi connectivity index (χ3v) is 5.87. The van der Waals surface area contributed by atoms with E-state index in [0.29, 0.717) is 17.3 Å². The minimum atomic E-state index is 0.336. The summed E-state index contributed by atoms with van der Waals surface area (Å²) in [6.07, 6.45) is 0. The third-order valence-electron chi connectivity index (χ3n) is 5.32. The van der Waals surface area contributed by atoms with E-state index < -0.39 is 0 Å². The van der Waals surface area contributed by atoms with E-state index in [9.17, 15) is 5.11 Å². The van der Waals surface area contributed by atoms with Crippen molar-refractivity contribution in [2.24, 2.45) is 0 Å². The van der Waals surface area contributed by atoms with Crippen molar-refractivity contribution in [3.8, 4) is 5.75 Å². The van der Waals surface area contributed by atoms with Crippen LogP contribution in [-0.2, 0) is 6.54 Å². The summed E-state index contributed by atoms with van der Waals surface area (Å²) in [6, 6.07) is 15.7. The van der Waals surface area contributed by atoms with Crippen LogP contribution in [0.2, 0.25) is 10.0 Å². The number of phenolic OH excluding ortho intramolecular Hbond substituents is 1. The first-order valence-electron chi connectivity index (χ1n) is 9.15. The van der Waals surface area contributed by atoms with Crippen LogP contribution in [0.1, 0.15) is 11.1 Å². The van der Waals surface area contributed by atoms with Crippen molar-refractivity contribution in [3.05, 3.63) is 69.7 Å². The van der Waals surface area contributed by atoms with Crippen molar-refractivity contribution >= 4 is 39.7 Å². The molecule has 27 heavy (non-hydrogen) atoms. The number of nitrogens with zero attached hydrogens (tertiary/aromatic N) is 2. The van der Waals surface area contributed by atoms with Gasteiger partial charge in [-0.05, 0) is 30.7 Å². The van der Waals surface area contributed by atoms with Crippen LogP contribution in [0.4, 0.5) is 5.69 Å². The largest absolute Gasteiger partial charge is 0.507 e. The topological polar surface area (TPSA) is 26.7 Å². The molecule has 3 aromatic rings. The van der Waals surface area contributed by atoms with Crippen molar-refractivity contribution in [1.82, 2.24) is 4.90 Å². The van der Waals surface area contributed by atoms with Crippen LogP contribution in [0.5, 0.6) is 5.75 Å². The van der Waals surface area contributed by atoms with Gasteiger partial charge in [-0.1, -0.05) is 53.5 Å². The van der Waals surface area contributed by atoms with Gasteiger partial charge < -0.3 is 10.0 Å². The fraction of sp³-hybridized carbons (Fsp3) is 0.273. The Hall–Kier alpha value is -1.94. The normalized spacial score (nSPS) is 15.4.